The number of hydrogen-bond donors (Lipinski definition) is 0. The van der Waals surface area contributed by atoms with Crippen LogP contribution in [0.25, 0.3) is 66.0 Å². The molecule has 0 unspecified atom stereocenters. The van der Waals surface area contributed by atoms with Crippen molar-refractivity contribution in [1.29, 1.82) is 0 Å². The second-order valence-corrected chi connectivity index (χ2v) is 20.9. The van der Waals surface area contributed by atoms with Crippen LogP contribution in [-0.2, 0) is 10.8 Å². The molecule has 0 atom stereocenters. The largest absolute Gasteiger partial charge is 0.375 e. The molecule has 0 bridgehead atoms. The summed E-state index contributed by atoms with van der Waals surface area (Å²) in [5.74, 6) is 0. The fraction of sp³-hybridized carbons (Fsp3) is 0.108. The summed E-state index contributed by atoms with van der Waals surface area (Å²) < 4.78 is 2.75. The fourth-order valence-electron chi connectivity index (χ4n) is 12.5. The average Bonchev–Trinajstić information content (AvgIpc) is 3.84. The maximum absolute atomic E-state index is 2.75. The summed E-state index contributed by atoms with van der Waals surface area (Å²) in [4.78, 5) is 5.07. The van der Waals surface area contributed by atoms with Crippen molar-refractivity contribution in [3.05, 3.63) is 229 Å². The summed E-state index contributed by atoms with van der Waals surface area (Å²) in [6.45, 7) is 11.7. The highest BCUT2D eigenvalue weighted by Crippen LogP contribution is 2.58. The van der Waals surface area contributed by atoms with Gasteiger partial charge in [-0.1, -0.05) is 186 Å². The number of anilines is 6. The van der Waals surface area contributed by atoms with Gasteiger partial charge in [-0.25, -0.2) is 0 Å². The van der Waals surface area contributed by atoms with Crippen LogP contribution < -0.4 is 20.7 Å². The summed E-state index contributed by atoms with van der Waals surface area (Å²) in [7, 11) is 0. The molecule has 3 heterocycles. The molecule has 1 aliphatic carbocycles. The van der Waals surface area contributed by atoms with Gasteiger partial charge in [0, 0.05) is 72.2 Å². The Bertz CT molecular complexity index is 3880. The van der Waals surface area contributed by atoms with E-state index in [4.69, 9.17) is 0 Å². The first-order valence-electron chi connectivity index (χ1n) is 24.5. The molecule has 0 saturated carbocycles. The molecule has 0 radical (unpaired) electrons. The monoisotopic (exact) mass is 883 g/mol. The molecule has 2 aliphatic heterocycles. The van der Waals surface area contributed by atoms with Crippen molar-refractivity contribution in [2.45, 2.75) is 45.4 Å². The van der Waals surface area contributed by atoms with E-state index in [-0.39, 0.29) is 17.7 Å². The van der Waals surface area contributed by atoms with Gasteiger partial charge in [0.1, 0.15) is 0 Å². The molecule has 0 amide bonds. The van der Waals surface area contributed by atoms with Crippen molar-refractivity contribution in [2.75, 3.05) is 9.80 Å². The van der Waals surface area contributed by atoms with Crippen LogP contribution in [0.1, 0.15) is 51.3 Å². The van der Waals surface area contributed by atoms with E-state index in [1.54, 1.807) is 0 Å². The lowest BCUT2D eigenvalue weighted by Gasteiger charge is -2.43. The lowest BCUT2D eigenvalue weighted by atomic mass is 9.44. The van der Waals surface area contributed by atoms with E-state index in [1.807, 2.05) is 0 Å². The third-order valence-electron chi connectivity index (χ3n) is 15.7. The molecule has 328 valence electrons. The second-order valence-electron chi connectivity index (χ2n) is 20.9. The second kappa shape index (κ2) is 14.5. The van der Waals surface area contributed by atoms with Gasteiger partial charge >= 0.3 is 6.85 Å². The molecular formula is C65H50BN3. The zero-order valence-electron chi connectivity index (χ0n) is 39.6. The number of nitrogens with zero attached hydrogens (tertiary/aromatic N) is 3. The van der Waals surface area contributed by atoms with Crippen LogP contribution in [-0.4, -0.2) is 11.3 Å². The van der Waals surface area contributed by atoms with Gasteiger partial charge in [0.2, 0.25) is 0 Å². The number of benzene rings is 10. The van der Waals surface area contributed by atoms with Crippen LogP contribution in [0.5, 0.6) is 0 Å². The minimum atomic E-state index is -0.235. The zero-order chi connectivity index (χ0) is 46.3. The van der Waals surface area contributed by atoms with Gasteiger partial charge in [-0.05, 0) is 121 Å². The van der Waals surface area contributed by atoms with E-state index >= 15 is 0 Å². The minimum Gasteiger partial charge on any atom is -0.375 e. The molecule has 1 aromatic heterocycles. The first-order valence-corrected chi connectivity index (χ1v) is 24.5. The first-order chi connectivity index (χ1) is 33.7. The Morgan fingerprint density at radius 1 is 0.449 bits per heavy atom. The topological polar surface area (TPSA) is 11.4 Å². The minimum absolute atomic E-state index is 0.0456. The molecule has 0 saturated heterocycles. The predicted octanol–water partition coefficient (Wildman–Crippen LogP) is 16.1. The number of hydrogen-bond acceptors (Lipinski definition) is 2. The maximum atomic E-state index is 2.75. The smallest absolute Gasteiger partial charge is 0.333 e. The molecular weight excluding hydrogens is 834 g/mol. The maximum Gasteiger partial charge on any atom is 0.333 e. The van der Waals surface area contributed by atoms with E-state index in [1.165, 1.54) is 111 Å². The molecule has 69 heavy (non-hydrogen) atoms. The first kappa shape index (κ1) is 40.0. The van der Waals surface area contributed by atoms with Crippen molar-refractivity contribution < 1.29 is 0 Å². The Labute approximate surface area is 404 Å². The van der Waals surface area contributed by atoms with E-state index in [0.717, 1.165) is 17.1 Å². The summed E-state index contributed by atoms with van der Waals surface area (Å²) in [6.07, 6.45) is 0. The van der Waals surface area contributed by atoms with Gasteiger partial charge in [-0.15, -0.1) is 0 Å². The standard InChI is InChI=1S/C65H50BN3/c1-64(2,3)43-33-36-56(52(38-43)41-20-9-6-10-21-41)68-57-37-34-46(67(44-23-11-7-12-24-44)45-25-13-8-14-26-45)39-55(57)66-61-58(68)40-54-59(50-28-17-18-31-53(50)65(54,4)5)60(61)51-30-19-29-48-49-35-32-42-22-15-16-27-47(42)62(49)69(66)63(48)51/h6-40H,1-5H3. The Morgan fingerprint density at radius 2 is 1.09 bits per heavy atom. The van der Waals surface area contributed by atoms with Gasteiger partial charge in [-0.2, -0.15) is 0 Å². The lowest BCUT2D eigenvalue weighted by molar-refractivity contribution is 0.590. The average molecular weight is 884 g/mol. The van der Waals surface area contributed by atoms with Crippen molar-refractivity contribution in [3.8, 4) is 33.4 Å². The van der Waals surface area contributed by atoms with E-state index < -0.39 is 0 Å². The predicted molar refractivity (Wildman–Crippen MR) is 294 cm³/mol. The third-order valence-corrected chi connectivity index (χ3v) is 15.7. The summed E-state index contributed by atoms with van der Waals surface area (Å²) in [5, 5.41) is 5.10. The van der Waals surface area contributed by atoms with Crippen molar-refractivity contribution in [1.82, 2.24) is 4.48 Å². The third kappa shape index (κ3) is 5.63. The van der Waals surface area contributed by atoms with Gasteiger partial charge in [0.15, 0.2) is 0 Å². The lowest BCUT2D eigenvalue weighted by Crippen LogP contribution is -2.57. The molecule has 0 spiro atoms. The Balaban J connectivity index is 1.18. The van der Waals surface area contributed by atoms with Crippen LogP contribution in [0.3, 0.4) is 0 Å². The normalized spacial score (nSPS) is 13.9. The Kier molecular flexibility index (Phi) is 8.39. The molecule has 0 fully saturated rings. The Morgan fingerprint density at radius 3 is 1.84 bits per heavy atom. The summed E-state index contributed by atoms with van der Waals surface area (Å²) in [6, 6.07) is 79.8. The van der Waals surface area contributed by atoms with Crippen molar-refractivity contribution >= 4 is 84.5 Å². The molecule has 4 heteroatoms. The molecule has 11 aromatic rings. The highest BCUT2D eigenvalue weighted by atomic mass is 15.2. The van der Waals surface area contributed by atoms with E-state index in [0.29, 0.717) is 0 Å². The van der Waals surface area contributed by atoms with Crippen LogP contribution in [0, 0.1) is 0 Å². The molecule has 3 aliphatic rings. The molecule has 3 nitrogen and oxygen atoms in total. The van der Waals surface area contributed by atoms with Crippen molar-refractivity contribution in [2.24, 2.45) is 0 Å². The van der Waals surface area contributed by atoms with Crippen molar-refractivity contribution in [3.63, 3.8) is 0 Å². The zero-order valence-corrected chi connectivity index (χ0v) is 39.6. The van der Waals surface area contributed by atoms with Gasteiger partial charge < -0.3 is 14.3 Å². The van der Waals surface area contributed by atoms with Crippen LogP contribution in [0.2, 0.25) is 0 Å². The highest BCUT2D eigenvalue weighted by Gasteiger charge is 2.48. The van der Waals surface area contributed by atoms with Gasteiger partial charge in [0.25, 0.3) is 0 Å². The van der Waals surface area contributed by atoms with Crippen LogP contribution >= 0.6 is 0 Å². The van der Waals surface area contributed by atoms with E-state index in [2.05, 4.69) is 261 Å². The molecule has 0 N–H and O–H groups in total. The van der Waals surface area contributed by atoms with Crippen LogP contribution in [0.15, 0.2) is 212 Å². The molecule has 10 aromatic carbocycles. The molecule has 14 rings (SSSR count). The van der Waals surface area contributed by atoms with Gasteiger partial charge in [0.05, 0.1) is 5.69 Å². The Hall–Kier alpha value is -8.08. The number of aromatic nitrogens is 1. The number of para-hydroxylation sites is 3. The quantitative estimate of drug-likeness (QED) is 0.160. The number of rotatable bonds is 5. The fourth-order valence-corrected chi connectivity index (χ4v) is 12.5. The highest BCUT2D eigenvalue weighted by molar-refractivity contribution is 6.90. The van der Waals surface area contributed by atoms with E-state index in [9.17, 15) is 0 Å². The van der Waals surface area contributed by atoms with Gasteiger partial charge in [-0.3, -0.25) is 0 Å². The van der Waals surface area contributed by atoms with Crippen LogP contribution in [0.4, 0.5) is 34.1 Å². The SMILES string of the molecule is CC(C)(C)c1ccc(N2c3ccc(N(c4ccccc4)c4ccccc4)cc3B3c4c2cc2c(c4-c4cccc5c6ccc7ccccc7c6n3c45)-c3ccccc3C2(C)C)c(-c2ccccc2)c1. The summed E-state index contributed by atoms with van der Waals surface area (Å²) in [5.41, 5.74) is 23.7. The number of fused-ring (bicyclic) bond motifs is 13. The summed E-state index contributed by atoms with van der Waals surface area (Å²) >= 11 is 0.